The minimum atomic E-state index is -1.09. The summed E-state index contributed by atoms with van der Waals surface area (Å²) < 4.78 is 0. The number of carboxylic acid groups (broad SMARTS) is 1. The fourth-order valence-electron chi connectivity index (χ4n) is 1.75. The Morgan fingerprint density at radius 1 is 1.00 bits per heavy atom. The van der Waals surface area contributed by atoms with Gasteiger partial charge in [-0.05, 0) is 36.5 Å². The summed E-state index contributed by atoms with van der Waals surface area (Å²) in [5.74, 6) is -1.57. The number of anilines is 1. The van der Waals surface area contributed by atoms with Crippen molar-refractivity contribution in [3.8, 4) is 0 Å². The zero-order valence-electron chi connectivity index (χ0n) is 11.2. The van der Waals surface area contributed by atoms with Crippen molar-refractivity contribution in [3.05, 3.63) is 64.7 Å². The molecule has 22 heavy (non-hydrogen) atoms. The summed E-state index contributed by atoms with van der Waals surface area (Å²) in [5.41, 5.74) is 0.621. The molecule has 0 fully saturated rings. The van der Waals surface area contributed by atoms with Crippen LogP contribution in [-0.2, 0) is 0 Å². The Kier molecular flexibility index (Phi) is 5.08. The first-order valence-corrected chi connectivity index (χ1v) is 6.97. The van der Waals surface area contributed by atoms with E-state index in [1.807, 2.05) is 0 Å². The monoisotopic (exact) mass is 334 g/mol. The minimum Gasteiger partial charge on any atom is -0.478 e. The molecule has 112 valence electrons. The van der Waals surface area contributed by atoms with Crippen LogP contribution in [0.3, 0.4) is 0 Å². The van der Waals surface area contributed by atoms with Crippen LogP contribution in [0.5, 0.6) is 0 Å². The third kappa shape index (κ3) is 3.81. The molecule has 2 rings (SSSR count). The van der Waals surface area contributed by atoms with Crippen molar-refractivity contribution in [1.29, 1.82) is 0 Å². The third-order valence-corrected chi connectivity index (χ3v) is 3.28. The van der Waals surface area contributed by atoms with E-state index in [-0.39, 0.29) is 16.2 Å². The second-order valence-electron chi connectivity index (χ2n) is 4.24. The van der Waals surface area contributed by atoms with E-state index in [1.54, 1.807) is 42.5 Å². The molecule has 1 amide bonds. The number of carboxylic acids is 1. The molecule has 0 aliphatic carbocycles. The van der Waals surface area contributed by atoms with Crippen LogP contribution in [0.25, 0.3) is 0 Å². The smallest absolute Gasteiger partial charge is 0.337 e. The summed E-state index contributed by atoms with van der Waals surface area (Å²) in [7, 11) is 0. The van der Waals surface area contributed by atoms with Crippen LogP contribution in [0, 0.1) is 0 Å². The summed E-state index contributed by atoms with van der Waals surface area (Å²) in [6.07, 6.45) is 0. The number of halogens is 1. The van der Waals surface area contributed by atoms with Crippen LogP contribution < -0.4 is 10.6 Å². The van der Waals surface area contributed by atoms with Crippen molar-refractivity contribution >= 4 is 46.5 Å². The lowest BCUT2D eigenvalue weighted by molar-refractivity contribution is 0.0698. The van der Waals surface area contributed by atoms with Crippen molar-refractivity contribution in [3.63, 3.8) is 0 Å². The highest BCUT2D eigenvalue weighted by Gasteiger charge is 2.13. The topological polar surface area (TPSA) is 78.4 Å². The highest BCUT2D eigenvalue weighted by molar-refractivity contribution is 7.80. The zero-order chi connectivity index (χ0) is 16.1. The van der Waals surface area contributed by atoms with E-state index < -0.39 is 11.9 Å². The molecule has 0 saturated heterocycles. The predicted molar refractivity (Wildman–Crippen MR) is 88.5 cm³/mol. The standard InChI is InChI=1S/C15H11ClN2O3S/c16-11-7-3-1-5-9(11)13(19)18-15(22)17-12-8-4-2-6-10(12)14(20)21/h1-8H,(H,20,21)(H2,17,18,19,22). The van der Waals surface area contributed by atoms with E-state index >= 15 is 0 Å². The van der Waals surface area contributed by atoms with Gasteiger partial charge in [0.15, 0.2) is 5.11 Å². The maximum absolute atomic E-state index is 12.0. The Balaban J connectivity index is 2.10. The largest absolute Gasteiger partial charge is 0.478 e. The normalized spacial score (nSPS) is 9.86. The average molecular weight is 335 g/mol. The van der Waals surface area contributed by atoms with Gasteiger partial charge in [0.05, 0.1) is 21.8 Å². The first-order chi connectivity index (χ1) is 10.5. The second-order valence-corrected chi connectivity index (χ2v) is 5.05. The molecule has 0 heterocycles. The van der Waals surface area contributed by atoms with E-state index in [4.69, 9.17) is 28.9 Å². The van der Waals surface area contributed by atoms with Crippen molar-refractivity contribution in [1.82, 2.24) is 5.32 Å². The number of nitrogens with one attached hydrogen (secondary N) is 2. The molecule has 0 unspecified atom stereocenters. The molecule has 2 aromatic carbocycles. The van der Waals surface area contributed by atoms with Gasteiger partial charge in [0.2, 0.25) is 0 Å². The molecule has 3 N–H and O–H groups in total. The fourth-order valence-corrected chi connectivity index (χ4v) is 2.17. The number of carbonyl (C=O) groups excluding carboxylic acids is 1. The molecule has 0 saturated carbocycles. The highest BCUT2D eigenvalue weighted by Crippen LogP contribution is 2.16. The number of amides is 1. The first-order valence-electron chi connectivity index (χ1n) is 6.18. The van der Waals surface area contributed by atoms with Crippen LogP contribution >= 0.6 is 23.8 Å². The van der Waals surface area contributed by atoms with Gasteiger partial charge in [0.25, 0.3) is 5.91 Å². The van der Waals surface area contributed by atoms with Crippen molar-refractivity contribution in [2.45, 2.75) is 0 Å². The van der Waals surface area contributed by atoms with Crippen LogP contribution in [0.4, 0.5) is 5.69 Å². The Bertz CT molecular complexity index is 749. The van der Waals surface area contributed by atoms with Crippen molar-refractivity contribution in [2.75, 3.05) is 5.32 Å². The molecule has 0 atom stereocenters. The molecule has 0 aromatic heterocycles. The molecule has 0 bridgehead atoms. The lowest BCUT2D eigenvalue weighted by Gasteiger charge is -2.12. The van der Waals surface area contributed by atoms with Gasteiger partial charge in [0.1, 0.15) is 0 Å². The predicted octanol–water partition coefficient (Wildman–Crippen LogP) is 3.17. The number of benzene rings is 2. The van der Waals surface area contributed by atoms with Gasteiger partial charge in [-0.2, -0.15) is 0 Å². The summed E-state index contributed by atoms with van der Waals surface area (Å²) in [4.78, 5) is 23.1. The molecular weight excluding hydrogens is 324 g/mol. The highest BCUT2D eigenvalue weighted by atomic mass is 35.5. The quantitative estimate of drug-likeness (QED) is 0.751. The van der Waals surface area contributed by atoms with E-state index in [9.17, 15) is 9.59 Å². The molecular formula is C15H11ClN2O3S. The zero-order valence-corrected chi connectivity index (χ0v) is 12.7. The van der Waals surface area contributed by atoms with Crippen LogP contribution in [0.15, 0.2) is 48.5 Å². The number of para-hydroxylation sites is 1. The summed E-state index contributed by atoms with van der Waals surface area (Å²) in [6.45, 7) is 0. The van der Waals surface area contributed by atoms with Crippen LogP contribution in [0.1, 0.15) is 20.7 Å². The van der Waals surface area contributed by atoms with Gasteiger partial charge in [-0.3, -0.25) is 10.1 Å². The van der Waals surface area contributed by atoms with E-state index in [2.05, 4.69) is 10.6 Å². The van der Waals surface area contributed by atoms with Crippen LogP contribution in [0.2, 0.25) is 5.02 Å². The minimum absolute atomic E-state index is 0.0152. The lowest BCUT2D eigenvalue weighted by Crippen LogP contribution is -2.34. The number of aromatic carboxylic acids is 1. The molecule has 0 radical (unpaired) electrons. The molecule has 0 aliphatic heterocycles. The Morgan fingerprint density at radius 2 is 1.59 bits per heavy atom. The van der Waals surface area contributed by atoms with Crippen molar-refractivity contribution in [2.24, 2.45) is 0 Å². The Hall–Kier alpha value is -2.44. The third-order valence-electron chi connectivity index (χ3n) is 2.75. The van der Waals surface area contributed by atoms with Crippen LogP contribution in [-0.4, -0.2) is 22.1 Å². The summed E-state index contributed by atoms with van der Waals surface area (Å²) >= 11 is 10.9. The SMILES string of the molecule is O=C(NC(=S)Nc1ccccc1C(=O)O)c1ccccc1Cl. The molecule has 5 nitrogen and oxygen atoms in total. The van der Waals surface area contributed by atoms with E-state index in [1.165, 1.54) is 6.07 Å². The molecule has 7 heteroatoms. The van der Waals surface area contributed by atoms with E-state index in [0.29, 0.717) is 10.7 Å². The van der Waals surface area contributed by atoms with Gasteiger partial charge in [-0.25, -0.2) is 4.79 Å². The number of thiocarbonyl (C=S) groups is 1. The van der Waals surface area contributed by atoms with Gasteiger partial charge >= 0.3 is 5.97 Å². The van der Waals surface area contributed by atoms with E-state index in [0.717, 1.165) is 0 Å². The Morgan fingerprint density at radius 3 is 2.23 bits per heavy atom. The van der Waals surface area contributed by atoms with Gasteiger partial charge < -0.3 is 10.4 Å². The number of rotatable bonds is 3. The summed E-state index contributed by atoms with van der Waals surface area (Å²) in [5, 5.41) is 14.5. The van der Waals surface area contributed by atoms with Gasteiger partial charge in [-0.1, -0.05) is 35.9 Å². The lowest BCUT2D eigenvalue weighted by atomic mass is 10.2. The van der Waals surface area contributed by atoms with Crippen molar-refractivity contribution < 1.29 is 14.7 Å². The van der Waals surface area contributed by atoms with Gasteiger partial charge in [-0.15, -0.1) is 0 Å². The first kappa shape index (κ1) is 15.9. The molecule has 0 aliphatic rings. The maximum Gasteiger partial charge on any atom is 0.337 e. The molecule has 0 spiro atoms. The second kappa shape index (κ2) is 7.02. The average Bonchev–Trinajstić information content (AvgIpc) is 2.47. The molecule has 2 aromatic rings. The van der Waals surface area contributed by atoms with Gasteiger partial charge in [0, 0.05) is 0 Å². The fraction of sp³-hybridized carbons (Fsp3) is 0. The number of carbonyl (C=O) groups is 2. The maximum atomic E-state index is 12.0. The number of hydrogen-bond donors (Lipinski definition) is 3. The number of hydrogen-bond acceptors (Lipinski definition) is 3. The summed E-state index contributed by atoms with van der Waals surface area (Å²) in [6, 6.07) is 12.8. The Labute approximate surface area is 136 Å².